The van der Waals surface area contributed by atoms with E-state index in [1.165, 1.54) is 0 Å². The number of aliphatic hydroxyl groups excluding tert-OH is 1. The van der Waals surface area contributed by atoms with Gasteiger partial charge in [-0.25, -0.2) is 9.79 Å². The number of carboxylic acids is 1. The van der Waals surface area contributed by atoms with E-state index in [0.717, 1.165) is 0 Å². The Bertz CT molecular complexity index is 242. The molecule has 0 bridgehead atoms. The maximum absolute atomic E-state index is 10.6. The SMILES string of the molecule is NCC(O)C1NC(N)=NC1C(=O)O. The Kier molecular flexibility index (Phi) is 2.69. The monoisotopic (exact) mass is 188 g/mol. The van der Waals surface area contributed by atoms with Crippen LogP contribution in [0.4, 0.5) is 0 Å². The average molecular weight is 188 g/mol. The van der Waals surface area contributed by atoms with E-state index in [9.17, 15) is 9.90 Å². The van der Waals surface area contributed by atoms with Gasteiger partial charge in [-0.2, -0.15) is 0 Å². The van der Waals surface area contributed by atoms with Gasteiger partial charge in [-0.1, -0.05) is 0 Å². The van der Waals surface area contributed by atoms with Crippen molar-refractivity contribution in [3.8, 4) is 0 Å². The highest BCUT2D eigenvalue weighted by Crippen LogP contribution is 2.09. The Morgan fingerprint density at radius 2 is 2.38 bits per heavy atom. The molecule has 1 heterocycles. The number of aliphatic hydroxyl groups is 1. The largest absolute Gasteiger partial charge is 0.480 e. The molecule has 0 aliphatic carbocycles. The van der Waals surface area contributed by atoms with Gasteiger partial charge in [-0.05, 0) is 0 Å². The van der Waals surface area contributed by atoms with Crippen LogP contribution in [0.2, 0.25) is 0 Å². The minimum Gasteiger partial charge on any atom is -0.480 e. The van der Waals surface area contributed by atoms with Crippen LogP contribution < -0.4 is 16.8 Å². The zero-order valence-corrected chi connectivity index (χ0v) is 6.84. The quantitative estimate of drug-likeness (QED) is 0.321. The number of nitrogens with one attached hydrogen (secondary N) is 1. The van der Waals surface area contributed by atoms with E-state index >= 15 is 0 Å². The number of nitrogens with two attached hydrogens (primary N) is 2. The van der Waals surface area contributed by atoms with Crippen LogP contribution in [-0.2, 0) is 4.79 Å². The number of carboxylic acid groups (broad SMARTS) is 1. The van der Waals surface area contributed by atoms with E-state index in [4.69, 9.17) is 16.6 Å². The fraction of sp³-hybridized carbons (Fsp3) is 0.667. The van der Waals surface area contributed by atoms with Crippen LogP contribution in [0.3, 0.4) is 0 Å². The minimum absolute atomic E-state index is 0.0184. The Morgan fingerprint density at radius 3 is 2.85 bits per heavy atom. The van der Waals surface area contributed by atoms with E-state index in [1.54, 1.807) is 0 Å². The van der Waals surface area contributed by atoms with Gasteiger partial charge in [0, 0.05) is 6.54 Å². The van der Waals surface area contributed by atoms with E-state index in [-0.39, 0.29) is 12.5 Å². The fourth-order valence-electron chi connectivity index (χ4n) is 1.18. The molecule has 0 radical (unpaired) electrons. The molecule has 0 saturated carbocycles. The molecular weight excluding hydrogens is 176 g/mol. The first-order valence-corrected chi connectivity index (χ1v) is 3.77. The number of aliphatic imine (C=N–C) groups is 1. The zero-order valence-electron chi connectivity index (χ0n) is 6.84. The third kappa shape index (κ3) is 1.87. The van der Waals surface area contributed by atoms with Crippen LogP contribution in [0.5, 0.6) is 0 Å². The van der Waals surface area contributed by atoms with Crippen LogP contribution >= 0.6 is 0 Å². The van der Waals surface area contributed by atoms with Crippen molar-refractivity contribution < 1.29 is 15.0 Å². The highest BCUT2D eigenvalue weighted by Gasteiger charge is 2.37. The lowest BCUT2D eigenvalue weighted by Crippen LogP contribution is -2.51. The molecule has 0 fully saturated rings. The zero-order chi connectivity index (χ0) is 10.0. The molecule has 3 unspecified atom stereocenters. The number of aliphatic carboxylic acids is 1. The van der Waals surface area contributed by atoms with Gasteiger partial charge in [-0.15, -0.1) is 0 Å². The molecule has 1 rings (SSSR count). The summed E-state index contributed by atoms with van der Waals surface area (Å²) in [6.45, 7) is -0.0375. The summed E-state index contributed by atoms with van der Waals surface area (Å²) in [6, 6.07) is -1.79. The van der Waals surface area contributed by atoms with E-state index in [1.807, 2.05) is 0 Å². The highest BCUT2D eigenvalue weighted by atomic mass is 16.4. The van der Waals surface area contributed by atoms with Gasteiger partial charge in [-0.3, -0.25) is 0 Å². The van der Waals surface area contributed by atoms with Crippen LogP contribution in [0, 0.1) is 0 Å². The molecule has 0 aromatic rings. The lowest BCUT2D eigenvalue weighted by molar-refractivity contribution is -0.139. The number of hydrogen-bond acceptors (Lipinski definition) is 6. The van der Waals surface area contributed by atoms with Crippen molar-refractivity contribution in [2.75, 3.05) is 6.54 Å². The highest BCUT2D eigenvalue weighted by molar-refractivity contribution is 5.87. The van der Waals surface area contributed by atoms with Gasteiger partial charge >= 0.3 is 5.97 Å². The standard InChI is InChI=1S/C6H12N4O3/c7-1-2(11)3-4(5(12)13)10-6(8)9-3/h2-4,11H,1,7H2,(H,12,13)(H3,8,9,10). The summed E-state index contributed by atoms with van der Waals surface area (Å²) in [5, 5.41) is 20.6. The fourth-order valence-corrected chi connectivity index (χ4v) is 1.18. The lowest BCUT2D eigenvalue weighted by atomic mass is 10.0. The topological polar surface area (TPSA) is 134 Å². The summed E-state index contributed by atoms with van der Waals surface area (Å²) in [5.74, 6) is -1.12. The number of rotatable bonds is 3. The van der Waals surface area contributed by atoms with Crippen molar-refractivity contribution in [2.24, 2.45) is 16.5 Å². The maximum atomic E-state index is 10.6. The van der Waals surface area contributed by atoms with Crippen LogP contribution in [-0.4, -0.2) is 46.9 Å². The summed E-state index contributed by atoms with van der Waals surface area (Å²) in [6.07, 6.45) is -0.967. The summed E-state index contributed by atoms with van der Waals surface area (Å²) >= 11 is 0. The van der Waals surface area contributed by atoms with Crippen molar-refractivity contribution in [2.45, 2.75) is 18.2 Å². The first kappa shape index (κ1) is 9.75. The molecule has 7 nitrogen and oxygen atoms in total. The predicted octanol–water partition coefficient (Wildman–Crippen LogP) is -2.95. The van der Waals surface area contributed by atoms with Gasteiger partial charge < -0.3 is 27.0 Å². The number of carbonyl (C=O) groups is 1. The molecule has 0 aromatic heterocycles. The van der Waals surface area contributed by atoms with E-state index in [0.29, 0.717) is 0 Å². The molecule has 7 heteroatoms. The number of nitrogens with zero attached hydrogens (tertiary/aromatic N) is 1. The first-order chi connectivity index (χ1) is 6.06. The van der Waals surface area contributed by atoms with Crippen LogP contribution in [0.1, 0.15) is 0 Å². The molecule has 1 aliphatic rings. The van der Waals surface area contributed by atoms with Crippen LogP contribution in [0.25, 0.3) is 0 Å². The van der Waals surface area contributed by atoms with Crippen molar-refractivity contribution in [3.63, 3.8) is 0 Å². The molecule has 74 valence electrons. The van der Waals surface area contributed by atoms with Crippen LogP contribution in [0.15, 0.2) is 4.99 Å². The first-order valence-electron chi connectivity index (χ1n) is 3.77. The lowest BCUT2D eigenvalue weighted by Gasteiger charge is -2.19. The van der Waals surface area contributed by atoms with Gasteiger partial charge in [0.1, 0.15) is 0 Å². The second-order valence-corrected chi connectivity index (χ2v) is 2.77. The molecule has 0 spiro atoms. The van der Waals surface area contributed by atoms with Gasteiger partial charge in [0.05, 0.1) is 12.1 Å². The average Bonchev–Trinajstić information content (AvgIpc) is 2.46. The minimum atomic E-state index is -1.13. The second kappa shape index (κ2) is 3.58. The molecule has 0 saturated heterocycles. The molecule has 13 heavy (non-hydrogen) atoms. The number of hydrogen-bond donors (Lipinski definition) is 5. The molecule has 0 aromatic carbocycles. The summed E-state index contributed by atoms with van der Waals surface area (Å²) in [4.78, 5) is 14.2. The van der Waals surface area contributed by atoms with Crippen molar-refractivity contribution >= 4 is 11.9 Å². The Morgan fingerprint density at radius 1 is 1.77 bits per heavy atom. The molecular formula is C6H12N4O3. The molecule has 1 aliphatic heterocycles. The summed E-state index contributed by atoms with van der Waals surface area (Å²) in [5.41, 5.74) is 10.5. The predicted molar refractivity (Wildman–Crippen MR) is 45.0 cm³/mol. The molecule has 7 N–H and O–H groups in total. The maximum Gasteiger partial charge on any atom is 0.330 e. The van der Waals surface area contributed by atoms with Gasteiger partial charge in [0.25, 0.3) is 0 Å². The van der Waals surface area contributed by atoms with Crippen molar-refractivity contribution in [1.82, 2.24) is 5.32 Å². The van der Waals surface area contributed by atoms with E-state index in [2.05, 4.69) is 10.3 Å². The Labute approximate surface area is 74.4 Å². The molecule has 0 amide bonds. The smallest absolute Gasteiger partial charge is 0.330 e. The number of guanidine groups is 1. The Hall–Kier alpha value is -1.34. The van der Waals surface area contributed by atoms with Crippen molar-refractivity contribution in [1.29, 1.82) is 0 Å². The summed E-state index contributed by atoms with van der Waals surface area (Å²) in [7, 11) is 0. The Balaban J connectivity index is 2.72. The third-order valence-electron chi connectivity index (χ3n) is 1.84. The van der Waals surface area contributed by atoms with Gasteiger partial charge in [0.15, 0.2) is 12.0 Å². The van der Waals surface area contributed by atoms with E-state index < -0.39 is 24.2 Å². The second-order valence-electron chi connectivity index (χ2n) is 2.77. The summed E-state index contributed by atoms with van der Waals surface area (Å²) < 4.78 is 0. The molecule has 3 atom stereocenters. The van der Waals surface area contributed by atoms with Crippen molar-refractivity contribution in [3.05, 3.63) is 0 Å². The third-order valence-corrected chi connectivity index (χ3v) is 1.84. The van der Waals surface area contributed by atoms with Gasteiger partial charge in [0.2, 0.25) is 0 Å². The normalized spacial score (nSPS) is 29.2.